The Morgan fingerprint density at radius 1 is 1.32 bits per heavy atom. The first kappa shape index (κ1) is 17.1. The van der Waals surface area contributed by atoms with Crippen molar-refractivity contribution in [1.29, 1.82) is 0 Å². The average Bonchev–Trinajstić information content (AvgIpc) is 3.11. The highest BCUT2D eigenvalue weighted by molar-refractivity contribution is 6.99. The largest absolute Gasteiger partial charge is 0.468 e. The molecule has 1 saturated heterocycles. The van der Waals surface area contributed by atoms with E-state index in [-0.39, 0.29) is 6.61 Å². The first-order chi connectivity index (χ1) is 12.2. The van der Waals surface area contributed by atoms with Gasteiger partial charge >= 0.3 is 6.03 Å². The van der Waals surface area contributed by atoms with E-state index in [4.69, 9.17) is 15.2 Å². The molecule has 1 fully saturated rings. The Bertz CT molecular complexity index is 730. The van der Waals surface area contributed by atoms with Gasteiger partial charge in [0.15, 0.2) is 0 Å². The number of primary amides is 1. The van der Waals surface area contributed by atoms with Crippen molar-refractivity contribution in [3.8, 4) is 5.88 Å². The van der Waals surface area contributed by atoms with Crippen LogP contribution in [0.2, 0.25) is 0 Å². The maximum Gasteiger partial charge on any atom is 0.332 e. The summed E-state index contributed by atoms with van der Waals surface area (Å²) in [5, 5.41) is 4.02. The number of rotatable bonds is 6. The smallest absolute Gasteiger partial charge is 0.332 e. The summed E-state index contributed by atoms with van der Waals surface area (Å²) in [6, 6.07) is 8.64. The van der Waals surface area contributed by atoms with E-state index in [1.54, 1.807) is 0 Å². The molecule has 1 aromatic carbocycles. The summed E-state index contributed by atoms with van der Waals surface area (Å²) in [6.45, 7) is 2.90. The standard InChI is InChI=1S/C15H18N6O3S/c16-15(22)18-17-12(11-4-2-1-3-5-11)10-24-14-13(19-25-20-14)21-6-8-23-9-7-21/h1-5H,6-10H2,(H3,16,18,22)/b17-12-. The van der Waals surface area contributed by atoms with E-state index in [0.717, 1.165) is 30.4 Å². The molecule has 0 bridgehead atoms. The van der Waals surface area contributed by atoms with Gasteiger partial charge in [0.1, 0.15) is 12.3 Å². The third-order valence-corrected chi connectivity index (χ3v) is 4.01. The molecule has 10 heteroatoms. The van der Waals surface area contributed by atoms with E-state index < -0.39 is 6.03 Å². The number of ether oxygens (including phenoxy) is 2. The highest BCUT2D eigenvalue weighted by Crippen LogP contribution is 2.26. The van der Waals surface area contributed by atoms with Crippen LogP contribution in [0.1, 0.15) is 5.56 Å². The molecule has 1 aliphatic heterocycles. The highest BCUT2D eigenvalue weighted by atomic mass is 32.1. The van der Waals surface area contributed by atoms with Gasteiger partial charge in [0.05, 0.1) is 24.9 Å². The van der Waals surface area contributed by atoms with Gasteiger partial charge in [-0.1, -0.05) is 30.3 Å². The van der Waals surface area contributed by atoms with Gasteiger partial charge in [-0.05, 0) is 0 Å². The van der Waals surface area contributed by atoms with E-state index in [1.165, 1.54) is 0 Å². The van der Waals surface area contributed by atoms with Crippen molar-refractivity contribution in [2.45, 2.75) is 0 Å². The number of urea groups is 1. The van der Waals surface area contributed by atoms with E-state index in [1.807, 2.05) is 30.3 Å². The number of carbonyl (C=O) groups excluding carboxylic acids is 1. The third-order valence-electron chi connectivity index (χ3n) is 3.51. The van der Waals surface area contributed by atoms with Crippen LogP contribution < -0.4 is 20.8 Å². The molecule has 1 aromatic heterocycles. The van der Waals surface area contributed by atoms with Gasteiger partial charge in [-0.3, -0.25) is 0 Å². The van der Waals surface area contributed by atoms with Gasteiger partial charge in [0, 0.05) is 18.7 Å². The molecule has 0 atom stereocenters. The predicted octanol–water partition coefficient (Wildman–Crippen LogP) is 0.826. The van der Waals surface area contributed by atoms with Crippen LogP contribution in [0, 0.1) is 0 Å². The highest BCUT2D eigenvalue weighted by Gasteiger charge is 2.20. The number of hydrogen-bond acceptors (Lipinski definition) is 8. The maximum atomic E-state index is 11.0. The van der Waals surface area contributed by atoms with Gasteiger partial charge in [-0.2, -0.15) is 9.47 Å². The van der Waals surface area contributed by atoms with E-state index >= 15 is 0 Å². The zero-order valence-electron chi connectivity index (χ0n) is 13.4. The Morgan fingerprint density at radius 3 is 2.80 bits per heavy atom. The van der Waals surface area contributed by atoms with Crippen molar-refractivity contribution in [1.82, 2.24) is 14.2 Å². The number of nitrogens with one attached hydrogen (secondary N) is 1. The van der Waals surface area contributed by atoms with Crippen molar-refractivity contribution >= 4 is 29.3 Å². The van der Waals surface area contributed by atoms with Crippen molar-refractivity contribution < 1.29 is 14.3 Å². The van der Waals surface area contributed by atoms with Crippen LogP contribution in [0.4, 0.5) is 10.6 Å². The first-order valence-corrected chi connectivity index (χ1v) is 8.42. The van der Waals surface area contributed by atoms with Crippen LogP contribution in [-0.4, -0.2) is 53.4 Å². The lowest BCUT2D eigenvalue weighted by Crippen LogP contribution is -2.36. The Kier molecular flexibility index (Phi) is 5.75. The summed E-state index contributed by atoms with van der Waals surface area (Å²) in [5.74, 6) is 1.14. The van der Waals surface area contributed by atoms with Gasteiger partial charge in [0.2, 0.25) is 5.82 Å². The zero-order valence-corrected chi connectivity index (χ0v) is 14.2. The first-order valence-electron chi connectivity index (χ1n) is 7.69. The van der Waals surface area contributed by atoms with Crippen molar-refractivity contribution in [3.05, 3.63) is 35.9 Å². The second-order valence-corrected chi connectivity index (χ2v) is 5.71. The molecule has 1 aliphatic rings. The quantitative estimate of drug-likeness (QED) is 0.581. The van der Waals surface area contributed by atoms with Crippen LogP contribution in [0.3, 0.4) is 0 Å². The Labute approximate surface area is 148 Å². The minimum Gasteiger partial charge on any atom is -0.468 e. The van der Waals surface area contributed by atoms with Crippen molar-refractivity contribution in [3.63, 3.8) is 0 Å². The minimum atomic E-state index is -0.738. The van der Waals surface area contributed by atoms with Crippen molar-refractivity contribution in [2.24, 2.45) is 10.8 Å². The molecule has 132 valence electrons. The number of nitrogens with zero attached hydrogens (tertiary/aromatic N) is 4. The summed E-state index contributed by atoms with van der Waals surface area (Å²) >= 11 is 1.09. The number of anilines is 1. The molecule has 9 nitrogen and oxygen atoms in total. The van der Waals surface area contributed by atoms with Crippen LogP contribution in [0.25, 0.3) is 0 Å². The minimum absolute atomic E-state index is 0.118. The lowest BCUT2D eigenvalue weighted by Gasteiger charge is -2.26. The Balaban J connectivity index is 1.72. The number of benzene rings is 1. The van der Waals surface area contributed by atoms with E-state index in [9.17, 15) is 4.79 Å². The number of aromatic nitrogens is 2. The van der Waals surface area contributed by atoms with Gasteiger partial charge in [0.25, 0.3) is 5.88 Å². The normalized spacial score (nSPS) is 15.0. The monoisotopic (exact) mass is 362 g/mol. The molecule has 0 radical (unpaired) electrons. The number of hydrogen-bond donors (Lipinski definition) is 2. The lowest BCUT2D eigenvalue weighted by molar-refractivity contribution is 0.122. The molecule has 3 rings (SSSR count). The summed E-state index contributed by atoms with van der Waals surface area (Å²) < 4.78 is 19.7. The summed E-state index contributed by atoms with van der Waals surface area (Å²) in [7, 11) is 0. The number of carbonyl (C=O) groups is 1. The SMILES string of the molecule is NC(=O)N/N=C(/COc1nsnc1N1CCOCC1)c1ccccc1. The number of hydrazone groups is 1. The Morgan fingerprint density at radius 2 is 2.08 bits per heavy atom. The zero-order chi connectivity index (χ0) is 17.5. The summed E-state index contributed by atoms with van der Waals surface area (Å²) in [6.07, 6.45) is 0. The average molecular weight is 362 g/mol. The topological polar surface area (TPSA) is 115 Å². The Hall–Kier alpha value is -2.72. The van der Waals surface area contributed by atoms with Crippen LogP contribution in [0.15, 0.2) is 35.4 Å². The molecule has 0 unspecified atom stereocenters. The van der Waals surface area contributed by atoms with E-state index in [2.05, 4.69) is 24.2 Å². The van der Waals surface area contributed by atoms with Crippen LogP contribution in [-0.2, 0) is 4.74 Å². The van der Waals surface area contributed by atoms with E-state index in [0.29, 0.717) is 30.6 Å². The molecular weight excluding hydrogens is 344 g/mol. The van der Waals surface area contributed by atoms with Crippen LogP contribution in [0.5, 0.6) is 5.88 Å². The molecule has 0 aliphatic carbocycles. The predicted molar refractivity (Wildman–Crippen MR) is 94.1 cm³/mol. The molecule has 3 N–H and O–H groups in total. The molecule has 0 saturated carbocycles. The second kappa shape index (κ2) is 8.40. The second-order valence-electron chi connectivity index (χ2n) is 5.18. The molecular formula is C15H18N6O3S. The number of amides is 2. The molecule has 2 aromatic rings. The summed E-state index contributed by atoms with van der Waals surface area (Å²) in [4.78, 5) is 13.0. The molecule has 2 heterocycles. The van der Waals surface area contributed by atoms with Crippen LogP contribution >= 0.6 is 11.7 Å². The van der Waals surface area contributed by atoms with Gasteiger partial charge < -0.3 is 20.1 Å². The van der Waals surface area contributed by atoms with Crippen molar-refractivity contribution in [2.75, 3.05) is 37.8 Å². The number of nitrogens with two attached hydrogens (primary N) is 1. The van der Waals surface area contributed by atoms with Gasteiger partial charge in [-0.25, -0.2) is 10.2 Å². The fraction of sp³-hybridized carbons (Fsp3) is 0.333. The maximum absolute atomic E-state index is 11.0. The molecule has 0 spiro atoms. The molecule has 2 amide bonds. The molecule has 25 heavy (non-hydrogen) atoms. The fourth-order valence-corrected chi connectivity index (χ4v) is 2.83. The third kappa shape index (κ3) is 4.64. The lowest BCUT2D eigenvalue weighted by atomic mass is 10.1. The summed E-state index contributed by atoms with van der Waals surface area (Å²) in [5.41, 5.74) is 8.67. The van der Waals surface area contributed by atoms with Gasteiger partial charge in [-0.15, -0.1) is 4.37 Å². The fourth-order valence-electron chi connectivity index (χ4n) is 2.31. The number of morpholine rings is 1.